The molecule has 0 fully saturated rings. The van der Waals surface area contributed by atoms with Crippen LogP contribution in [0.25, 0.3) is 0 Å². The highest BCUT2D eigenvalue weighted by Gasteiger charge is 2.25. The molecule has 2 aromatic rings. The molecule has 2 rings (SSSR count). The lowest BCUT2D eigenvalue weighted by Crippen LogP contribution is -2.42. The molecule has 26 heavy (non-hydrogen) atoms. The Bertz CT molecular complexity index is 742. The van der Waals surface area contributed by atoms with Crippen LogP contribution in [0.5, 0.6) is 5.75 Å². The highest BCUT2D eigenvalue weighted by atomic mass is 16.5. The molecular weight excluding hydrogens is 332 g/mol. The first-order valence-electron chi connectivity index (χ1n) is 8.25. The van der Waals surface area contributed by atoms with E-state index >= 15 is 0 Å². The molecule has 0 atom stereocenters. The van der Waals surface area contributed by atoms with Gasteiger partial charge in [0.25, 0.3) is 5.91 Å². The number of carbonyl (C=O) groups is 1. The number of carbonyl (C=O) groups excluding carboxylic acids is 1. The lowest BCUT2D eigenvalue weighted by molar-refractivity contribution is 0.0436. The summed E-state index contributed by atoms with van der Waals surface area (Å²) in [5, 5.41) is 21.0. The maximum atomic E-state index is 12.2. The van der Waals surface area contributed by atoms with Crippen LogP contribution in [-0.2, 0) is 6.54 Å². The fraction of sp³-hybridized carbons (Fsp3) is 0.316. The minimum Gasteiger partial charge on any atom is -0.497 e. The number of aliphatic hydroxyl groups is 1. The van der Waals surface area contributed by atoms with E-state index in [1.165, 1.54) is 0 Å². The summed E-state index contributed by atoms with van der Waals surface area (Å²) >= 11 is 0. The van der Waals surface area contributed by atoms with E-state index in [0.717, 1.165) is 11.3 Å². The van der Waals surface area contributed by atoms with Crippen molar-refractivity contribution in [3.8, 4) is 5.75 Å². The van der Waals surface area contributed by atoms with Gasteiger partial charge in [0.2, 0.25) is 0 Å². The molecule has 0 saturated carbocycles. The molecule has 1 heterocycles. The van der Waals surface area contributed by atoms with Crippen LogP contribution >= 0.6 is 0 Å². The predicted octanol–water partition coefficient (Wildman–Crippen LogP) is 1.95. The van der Waals surface area contributed by atoms with Crippen LogP contribution in [0, 0.1) is 0 Å². The first-order valence-corrected chi connectivity index (χ1v) is 8.25. The summed E-state index contributed by atoms with van der Waals surface area (Å²) < 4.78 is 6.70. The average Bonchev–Trinajstić information content (AvgIpc) is 3.09. The van der Waals surface area contributed by atoms with Gasteiger partial charge in [-0.25, -0.2) is 4.68 Å². The molecular formula is C19H24N4O3. The number of benzene rings is 1. The van der Waals surface area contributed by atoms with E-state index in [4.69, 9.17) is 4.74 Å². The number of hydrogen-bond donors (Lipinski definition) is 2. The van der Waals surface area contributed by atoms with Crippen LogP contribution in [0.4, 0.5) is 0 Å². The smallest absolute Gasteiger partial charge is 0.273 e. The number of aromatic nitrogens is 3. The average molecular weight is 356 g/mol. The first-order chi connectivity index (χ1) is 12.5. The number of rotatable bonds is 10. The third-order valence-electron chi connectivity index (χ3n) is 3.90. The second kappa shape index (κ2) is 8.96. The predicted molar refractivity (Wildman–Crippen MR) is 99.0 cm³/mol. The third-order valence-corrected chi connectivity index (χ3v) is 3.90. The van der Waals surface area contributed by atoms with E-state index in [0.29, 0.717) is 19.4 Å². The minimum atomic E-state index is -1.10. The quantitative estimate of drug-likeness (QED) is 0.635. The molecule has 0 bridgehead atoms. The zero-order chi connectivity index (χ0) is 19.0. The Morgan fingerprint density at radius 2 is 1.96 bits per heavy atom. The van der Waals surface area contributed by atoms with E-state index in [-0.39, 0.29) is 12.2 Å². The molecule has 138 valence electrons. The fourth-order valence-corrected chi connectivity index (χ4v) is 2.50. The first kappa shape index (κ1) is 19.4. The molecule has 0 aliphatic heterocycles. The summed E-state index contributed by atoms with van der Waals surface area (Å²) in [7, 11) is 1.61. The van der Waals surface area contributed by atoms with Crippen molar-refractivity contribution in [1.82, 2.24) is 20.3 Å². The van der Waals surface area contributed by atoms with Gasteiger partial charge in [0.15, 0.2) is 5.69 Å². The second-order valence-corrected chi connectivity index (χ2v) is 6.04. The monoisotopic (exact) mass is 356 g/mol. The number of methoxy groups -OCH3 is 1. The van der Waals surface area contributed by atoms with Gasteiger partial charge in [0.1, 0.15) is 5.75 Å². The molecule has 2 N–H and O–H groups in total. The van der Waals surface area contributed by atoms with Crippen molar-refractivity contribution in [2.75, 3.05) is 13.7 Å². The van der Waals surface area contributed by atoms with Crippen molar-refractivity contribution in [3.63, 3.8) is 0 Å². The molecule has 0 saturated heterocycles. The largest absolute Gasteiger partial charge is 0.497 e. The zero-order valence-electron chi connectivity index (χ0n) is 14.9. The van der Waals surface area contributed by atoms with Crippen molar-refractivity contribution in [2.45, 2.75) is 25.0 Å². The fourth-order valence-electron chi connectivity index (χ4n) is 2.50. The topological polar surface area (TPSA) is 89.3 Å². The Morgan fingerprint density at radius 3 is 2.54 bits per heavy atom. The van der Waals surface area contributed by atoms with E-state index in [9.17, 15) is 9.90 Å². The van der Waals surface area contributed by atoms with Crippen molar-refractivity contribution in [2.24, 2.45) is 0 Å². The normalized spacial score (nSPS) is 11.0. The van der Waals surface area contributed by atoms with Gasteiger partial charge in [-0.3, -0.25) is 4.79 Å². The Balaban J connectivity index is 1.96. The number of nitrogens with zero attached hydrogens (tertiary/aromatic N) is 3. The third kappa shape index (κ3) is 5.29. The molecule has 7 heteroatoms. The summed E-state index contributed by atoms with van der Waals surface area (Å²) in [6, 6.07) is 7.57. The lowest BCUT2D eigenvalue weighted by Gasteiger charge is -2.25. The van der Waals surface area contributed by atoms with Crippen molar-refractivity contribution in [1.29, 1.82) is 0 Å². The van der Waals surface area contributed by atoms with Gasteiger partial charge in [-0.15, -0.1) is 18.3 Å². The Morgan fingerprint density at radius 1 is 1.31 bits per heavy atom. The minimum absolute atomic E-state index is 0.0786. The van der Waals surface area contributed by atoms with Crippen molar-refractivity contribution < 1.29 is 14.6 Å². The van der Waals surface area contributed by atoms with E-state index < -0.39 is 11.5 Å². The van der Waals surface area contributed by atoms with Crippen LogP contribution in [0.2, 0.25) is 0 Å². The Labute approximate surface area is 153 Å². The number of ether oxygens (including phenoxy) is 1. The Kier molecular flexibility index (Phi) is 6.68. The van der Waals surface area contributed by atoms with Gasteiger partial charge in [-0.05, 0) is 30.5 Å². The lowest BCUT2D eigenvalue weighted by atomic mass is 9.95. The van der Waals surface area contributed by atoms with Crippen LogP contribution < -0.4 is 10.1 Å². The number of hydrogen-bond acceptors (Lipinski definition) is 5. The van der Waals surface area contributed by atoms with E-state index in [1.54, 1.807) is 30.1 Å². The summed E-state index contributed by atoms with van der Waals surface area (Å²) in [4.78, 5) is 12.2. The summed E-state index contributed by atoms with van der Waals surface area (Å²) in [5.74, 6) is 0.386. The SMILES string of the molecule is C=CCC(O)(CC=C)CNC(=O)c1cn(Cc2ccc(OC)cc2)nn1. The molecule has 0 aliphatic carbocycles. The highest BCUT2D eigenvalue weighted by Crippen LogP contribution is 2.16. The molecule has 1 aromatic heterocycles. The highest BCUT2D eigenvalue weighted by molar-refractivity contribution is 5.91. The summed E-state index contributed by atoms with van der Waals surface area (Å²) in [6.07, 6.45) is 5.49. The van der Waals surface area contributed by atoms with Crippen LogP contribution in [0.15, 0.2) is 55.8 Å². The van der Waals surface area contributed by atoms with Gasteiger partial charge in [0, 0.05) is 6.54 Å². The second-order valence-electron chi connectivity index (χ2n) is 6.04. The molecule has 1 amide bonds. The van der Waals surface area contributed by atoms with E-state index in [1.807, 2.05) is 24.3 Å². The molecule has 0 radical (unpaired) electrons. The molecule has 0 spiro atoms. The maximum absolute atomic E-state index is 12.2. The van der Waals surface area contributed by atoms with Gasteiger partial charge in [-0.1, -0.05) is 29.5 Å². The number of amides is 1. The standard InChI is InChI=1S/C19H24N4O3/c1-4-10-19(25,11-5-2)14-20-18(24)17-13-23(22-21-17)12-15-6-8-16(26-3)9-7-15/h4-9,13,25H,1-2,10-12,14H2,3H3,(H,20,24). The zero-order valence-corrected chi connectivity index (χ0v) is 14.9. The Hall–Kier alpha value is -2.93. The van der Waals surface area contributed by atoms with Crippen molar-refractivity contribution in [3.05, 3.63) is 67.0 Å². The van der Waals surface area contributed by atoms with Crippen LogP contribution in [0.3, 0.4) is 0 Å². The number of nitrogens with one attached hydrogen (secondary N) is 1. The van der Waals surface area contributed by atoms with Crippen LogP contribution in [-0.4, -0.2) is 45.3 Å². The maximum Gasteiger partial charge on any atom is 0.273 e. The molecule has 1 aromatic carbocycles. The summed E-state index contributed by atoms with van der Waals surface area (Å²) in [5.41, 5.74) is 0.102. The van der Waals surface area contributed by atoms with Crippen molar-refractivity contribution >= 4 is 5.91 Å². The van der Waals surface area contributed by atoms with Crippen LogP contribution in [0.1, 0.15) is 28.9 Å². The van der Waals surface area contributed by atoms with Gasteiger partial charge < -0.3 is 15.2 Å². The van der Waals surface area contributed by atoms with Gasteiger partial charge >= 0.3 is 0 Å². The molecule has 0 unspecified atom stereocenters. The van der Waals surface area contributed by atoms with E-state index in [2.05, 4.69) is 28.8 Å². The molecule has 0 aliphatic rings. The van der Waals surface area contributed by atoms with Gasteiger partial charge in [-0.2, -0.15) is 0 Å². The molecule has 7 nitrogen and oxygen atoms in total. The summed E-state index contributed by atoms with van der Waals surface area (Å²) in [6.45, 7) is 7.82. The van der Waals surface area contributed by atoms with Gasteiger partial charge in [0.05, 0.1) is 25.5 Å².